The number of aliphatic imine (C=N–C) groups is 2. The van der Waals surface area contributed by atoms with Gasteiger partial charge in [0.05, 0.1) is 5.70 Å². The largest absolute Gasteiger partial charge is 0.354 e. The van der Waals surface area contributed by atoms with Gasteiger partial charge in [-0.1, -0.05) is 24.3 Å². The summed E-state index contributed by atoms with van der Waals surface area (Å²) in [6.07, 6.45) is 0.980. The predicted octanol–water partition coefficient (Wildman–Crippen LogP) is 2.28. The van der Waals surface area contributed by atoms with Crippen LogP contribution >= 0.6 is 0 Å². The molecule has 3 rings (SSSR count). The van der Waals surface area contributed by atoms with E-state index in [9.17, 15) is 0 Å². The van der Waals surface area contributed by atoms with Crippen LogP contribution in [0.25, 0.3) is 0 Å². The Morgan fingerprint density at radius 3 is 2.88 bits per heavy atom. The average molecular weight is 225 g/mol. The molecule has 0 bridgehead atoms. The van der Waals surface area contributed by atoms with E-state index < -0.39 is 0 Å². The fraction of sp³-hybridized carbons (Fsp3) is 0.286. The number of allylic oxidation sites excluding steroid dienone is 2. The summed E-state index contributed by atoms with van der Waals surface area (Å²) < 4.78 is 0. The lowest BCUT2D eigenvalue weighted by molar-refractivity contribution is 0.956. The number of nitrogens with one attached hydrogen (secondary N) is 1. The molecule has 1 aliphatic carbocycles. The van der Waals surface area contributed by atoms with Crippen LogP contribution in [0.4, 0.5) is 0 Å². The summed E-state index contributed by atoms with van der Waals surface area (Å²) in [5.74, 6) is 0.744. The van der Waals surface area contributed by atoms with Crippen molar-refractivity contribution in [1.29, 1.82) is 0 Å². The van der Waals surface area contributed by atoms with Crippen LogP contribution in [0.15, 0.2) is 45.5 Å². The minimum atomic E-state index is 0.744. The summed E-state index contributed by atoms with van der Waals surface area (Å²) >= 11 is 0. The van der Waals surface area contributed by atoms with Crippen LogP contribution in [0, 0.1) is 0 Å². The van der Waals surface area contributed by atoms with Gasteiger partial charge in [0.2, 0.25) is 5.96 Å². The molecule has 0 spiro atoms. The third-order valence-corrected chi connectivity index (χ3v) is 3.13. The van der Waals surface area contributed by atoms with Crippen molar-refractivity contribution >= 4 is 11.7 Å². The maximum Gasteiger partial charge on any atom is 0.223 e. The van der Waals surface area contributed by atoms with Gasteiger partial charge >= 0.3 is 0 Å². The molecule has 1 N–H and O–H groups in total. The van der Waals surface area contributed by atoms with Gasteiger partial charge in [0.1, 0.15) is 5.71 Å². The monoisotopic (exact) mass is 225 g/mol. The molecule has 1 heterocycles. The molecule has 0 atom stereocenters. The van der Waals surface area contributed by atoms with Crippen LogP contribution in [-0.2, 0) is 6.42 Å². The Morgan fingerprint density at radius 2 is 2.06 bits per heavy atom. The van der Waals surface area contributed by atoms with Crippen molar-refractivity contribution in [2.45, 2.75) is 20.3 Å². The van der Waals surface area contributed by atoms with Gasteiger partial charge in [-0.15, -0.1) is 0 Å². The second-order valence-corrected chi connectivity index (χ2v) is 4.39. The first-order chi connectivity index (χ1) is 8.29. The van der Waals surface area contributed by atoms with Crippen molar-refractivity contribution in [3.05, 3.63) is 46.7 Å². The van der Waals surface area contributed by atoms with Crippen LogP contribution in [0.3, 0.4) is 0 Å². The fourth-order valence-electron chi connectivity index (χ4n) is 2.34. The average Bonchev–Trinajstić information content (AvgIpc) is 2.74. The van der Waals surface area contributed by atoms with E-state index in [1.807, 2.05) is 0 Å². The van der Waals surface area contributed by atoms with Gasteiger partial charge in [-0.2, -0.15) is 0 Å². The highest BCUT2D eigenvalue weighted by Gasteiger charge is 2.26. The van der Waals surface area contributed by atoms with E-state index >= 15 is 0 Å². The second kappa shape index (κ2) is 3.84. The van der Waals surface area contributed by atoms with Crippen LogP contribution in [0.5, 0.6) is 0 Å². The molecular weight excluding hydrogens is 210 g/mol. The SMILES string of the molecule is CCNC1=NC2=C(C)Cc3ccccc3C2=N1. The predicted molar refractivity (Wildman–Crippen MR) is 70.5 cm³/mol. The quantitative estimate of drug-likeness (QED) is 0.782. The number of fused-ring (bicyclic) bond motifs is 3. The first kappa shape index (κ1) is 10.3. The number of guanidine groups is 1. The molecule has 0 radical (unpaired) electrons. The second-order valence-electron chi connectivity index (χ2n) is 4.39. The Balaban J connectivity index is 2.11. The van der Waals surface area contributed by atoms with Crippen molar-refractivity contribution in [3.8, 4) is 0 Å². The van der Waals surface area contributed by atoms with Gasteiger partial charge < -0.3 is 5.32 Å². The Bertz CT molecular complexity index is 565. The zero-order chi connectivity index (χ0) is 11.8. The maximum atomic E-state index is 4.59. The number of hydrogen-bond acceptors (Lipinski definition) is 3. The number of rotatable bonds is 1. The minimum absolute atomic E-state index is 0.744. The van der Waals surface area contributed by atoms with Gasteiger partial charge in [0.25, 0.3) is 0 Å². The van der Waals surface area contributed by atoms with Crippen LogP contribution in [0.1, 0.15) is 25.0 Å². The van der Waals surface area contributed by atoms with E-state index in [4.69, 9.17) is 0 Å². The highest BCUT2D eigenvalue weighted by atomic mass is 15.2. The number of benzene rings is 1. The molecular formula is C14H15N3. The molecule has 1 aliphatic heterocycles. The van der Waals surface area contributed by atoms with Crippen molar-refractivity contribution in [1.82, 2.24) is 5.32 Å². The van der Waals surface area contributed by atoms with Crippen LogP contribution in [0.2, 0.25) is 0 Å². The zero-order valence-corrected chi connectivity index (χ0v) is 10.1. The standard InChI is InChI=1S/C14H15N3/c1-3-15-14-16-12-9(2)8-10-6-4-5-7-11(10)13(12)17-14/h4-7H,3,8H2,1-2H3,(H,15,16). The van der Waals surface area contributed by atoms with Crippen LogP contribution in [-0.4, -0.2) is 18.2 Å². The van der Waals surface area contributed by atoms with Crippen molar-refractivity contribution in [2.24, 2.45) is 9.98 Å². The van der Waals surface area contributed by atoms with E-state index in [2.05, 4.69) is 53.4 Å². The highest BCUT2D eigenvalue weighted by Crippen LogP contribution is 2.29. The summed E-state index contributed by atoms with van der Waals surface area (Å²) in [6.45, 7) is 5.04. The topological polar surface area (TPSA) is 36.8 Å². The van der Waals surface area contributed by atoms with Crippen LogP contribution < -0.4 is 5.32 Å². The lowest BCUT2D eigenvalue weighted by atomic mass is 9.89. The van der Waals surface area contributed by atoms with Crippen molar-refractivity contribution in [2.75, 3.05) is 6.54 Å². The first-order valence-corrected chi connectivity index (χ1v) is 5.99. The Morgan fingerprint density at radius 1 is 1.24 bits per heavy atom. The highest BCUT2D eigenvalue weighted by molar-refractivity contribution is 6.22. The Hall–Kier alpha value is -1.90. The molecule has 1 aromatic carbocycles. The molecule has 0 unspecified atom stereocenters. The Kier molecular flexibility index (Phi) is 2.32. The first-order valence-electron chi connectivity index (χ1n) is 5.99. The summed E-state index contributed by atoms with van der Waals surface area (Å²) in [5, 5.41) is 3.18. The van der Waals surface area contributed by atoms with Gasteiger partial charge in [-0.25, -0.2) is 9.98 Å². The molecule has 2 aliphatic rings. The van der Waals surface area contributed by atoms with Gasteiger partial charge in [-0.3, -0.25) is 0 Å². The minimum Gasteiger partial charge on any atom is -0.354 e. The number of nitrogens with zero attached hydrogens (tertiary/aromatic N) is 2. The molecule has 86 valence electrons. The molecule has 0 saturated carbocycles. The van der Waals surface area contributed by atoms with Gasteiger partial charge in [0, 0.05) is 12.1 Å². The molecule has 0 saturated heterocycles. The van der Waals surface area contributed by atoms with Gasteiger partial charge in [-0.05, 0) is 31.4 Å². The summed E-state index contributed by atoms with van der Waals surface area (Å²) in [5.41, 5.74) is 5.96. The summed E-state index contributed by atoms with van der Waals surface area (Å²) in [4.78, 5) is 9.15. The number of hydrogen-bond donors (Lipinski definition) is 1. The normalized spacial score (nSPS) is 17.3. The van der Waals surface area contributed by atoms with E-state index in [-0.39, 0.29) is 0 Å². The molecule has 17 heavy (non-hydrogen) atoms. The zero-order valence-electron chi connectivity index (χ0n) is 10.1. The van der Waals surface area contributed by atoms with E-state index in [0.29, 0.717) is 0 Å². The molecule has 0 fully saturated rings. The lowest BCUT2D eigenvalue weighted by Gasteiger charge is -2.17. The van der Waals surface area contributed by atoms with Crippen molar-refractivity contribution < 1.29 is 0 Å². The third kappa shape index (κ3) is 1.58. The fourth-order valence-corrected chi connectivity index (χ4v) is 2.34. The smallest absolute Gasteiger partial charge is 0.223 e. The van der Waals surface area contributed by atoms with Crippen molar-refractivity contribution in [3.63, 3.8) is 0 Å². The third-order valence-electron chi connectivity index (χ3n) is 3.13. The van der Waals surface area contributed by atoms with E-state index in [1.165, 1.54) is 16.7 Å². The Labute approximate surface area is 101 Å². The molecule has 0 amide bonds. The maximum absolute atomic E-state index is 4.59. The summed E-state index contributed by atoms with van der Waals surface area (Å²) in [6, 6.07) is 8.44. The van der Waals surface area contributed by atoms with Gasteiger partial charge in [0.15, 0.2) is 0 Å². The lowest BCUT2D eigenvalue weighted by Crippen LogP contribution is -2.19. The molecule has 3 heteroatoms. The summed E-state index contributed by atoms with van der Waals surface area (Å²) in [7, 11) is 0. The van der Waals surface area contributed by atoms with E-state index in [1.54, 1.807) is 0 Å². The molecule has 0 aromatic heterocycles. The van der Waals surface area contributed by atoms with E-state index in [0.717, 1.165) is 30.3 Å². The molecule has 1 aromatic rings. The molecule has 3 nitrogen and oxygen atoms in total.